The smallest absolute Gasteiger partial charge is 0.327 e. The summed E-state index contributed by atoms with van der Waals surface area (Å²) in [5.41, 5.74) is 5.33. The van der Waals surface area contributed by atoms with Crippen molar-refractivity contribution in [3.05, 3.63) is 0 Å². The summed E-state index contributed by atoms with van der Waals surface area (Å²) < 4.78 is -0.545. The van der Waals surface area contributed by atoms with Crippen LogP contribution in [0.5, 0.6) is 0 Å². The topological polar surface area (TPSA) is 107 Å². The minimum Gasteiger partial charge on any atom is -0.480 e. The molecule has 6 nitrogen and oxygen atoms in total. The predicted octanol–water partition coefficient (Wildman–Crippen LogP) is -0.315. The van der Waals surface area contributed by atoms with Gasteiger partial charge in [-0.2, -0.15) is 0 Å². The second-order valence-corrected chi connectivity index (χ2v) is 6.30. The van der Waals surface area contributed by atoms with Gasteiger partial charge in [-0.15, -0.1) is 11.8 Å². The molecule has 0 aliphatic carbocycles. The maximum atomic E-state index is 11.7. The van der Waals surface area contributed by atoms with Crippen molar-refractivity contribution in [2.24, 2.45) is 11.7 Å². The van der Waals surface area contributed by atoms with E-state index in [1.54, 1.807) is 13.8 Å². The first-order chi connectivity index (χ1) is 7.27. The molecule has 2 saturated heterocycles. The molecule has 0 aromatic heterocycles. The van der Waals surface area contributed by atoms with E-state index >= 15 is 0 Å². The molecular formula is C9H13N3O3S. The van der Waals surface area contributed by atoms with E-state index in [9.17, 15) is 9.59 Å². The van der Waals surface area contributed by atoms with Gasteiger partial charge in [-0.1, -0.05) is 0 Å². The first-order valence-corrected chi connectivity index (χ1v) is 5.72. The van der Waals surface area contributed by atoms with Crippen molar-refractivity contribution < 1.29 is 14.7 Å². The van der Waals surface area contributed by atoms with Gasteiger partial charge in [-0.3, -0.25) is 10.2 Å². The van der Waals surface area contributed by atoms with Gasteiger partial charge in [0.25, 0.3) is 0 Å². The van der Waals surface area contributed by atoms with Crippen LogP contribution in [0.4, 0.5) is 0 Å². The van der Waals surface area contributed by atoms with E-state index in [0.717, 1.165) is 0 Å². The lowest BCUT2D eigenvalue weighted by Crippen LogP contribution is -2.65. The van der Waals surface area contributed by atoms with E-state index in [1.165, 1.54) is 16.7 Å². The van der Waals surface area contributed by atoms with Gasteiger partial charge in [-0.25, -0.2) is 4.79 Å². The van der Waals surface area contributed by atoms with Crippen LogP contribution in [0.15, 0.2) is 0 Å². The van der Waals surface area contributed by atoms with Crippen LogP contribution in [0.3, 0.4) is 0 Å². The number of β-lactam (4-membered cyclic amide) rings is 1. The number of carbonyl (C=O) groups is 2. The highest BCUT2D eigenvalue weighted by atomic mass is 32.2. The number of fused-ring (bicyclic) bond motifs is 1. The van der Waals surface area contributed by atoms with Gasteiger partial charge in [0.05, 0.1) is 5.37 Å². The van der Waals surface area contributed by atoms with Crippen LogP contribution in [0.2, 0.25) is 0 Å². The molecule has 0 bridgehead atoms. The van der Waals surface area contributed by atoms with Gasteiger partial charge in [0, 0.05) is 4.75 Å². The predicted molar refractivity (Wildman–Crippen MR) is 59.1 cm³/mol. The second-order valence-electron chi connectivity index (χ2n) is 4.53. The van der Waals surface area contributed by atoms with Crippen LogP contribution < -0.4 is 5.73 Å². The van der Waals surface area contributed by atoms with Crippen molar-refractivity contribution in [3.8, 4) is 0 Å². The zero-order valence-electron chi connectivity index (χ0n) is 8.93. The van der Waals surface area contributed by atoms with Crippen LogP contribution in [-0.4, -0.2) is 43.9 Å². The Morgan fingerprint density at radius 2 is 2.19 bits per heavy atom. The van der Waals surface area contributed by atoms with Crippen molar-refractivity contribution in [2.45, 2.75) is 30.0 Å². The van der Waals surface area contributed by atoms with Crippen molar-refractivity contribution in [2.75, 3.05) is 0 Å². The van der Waals surface area contributed by atoms with Crippen molar-refractivity contribution in [3.63, 3.8) is 0 Å². The number of thioether (sulfide) groups is 1. The van der Waals surface area contributed by atoms with Crippen molar-refractivity contribution in [1.29, 1.82) is 5.41 Å². The third kappa shape index (κ3) is 1.24. The normalized spacial score (nSPS) is 35.5. The van der Waals surface area contributed by atoms with Crippen molar-refractivity contribution >= 4 is 29.5 Å². The molecule has 2 heterocycles. The third-order valence-electron chi connectivity index (χ3n) is 3.01. The minimum absolute atomic E-state index is 0.180. The zero-order chi connectivity index (χ0) is 12.2. The Kier molecular flexibility index (Phi) is 2.20. The Labute approximate surface area is 96.7 Å². The second kappa shape index (κ2) is 3.13. The number of nitrogens with one attached hydrogen (secondary N) is 1. The number of nitrogens with two attached hydrogens (primary N) is 1. The maximum Gasteiger partial charge on any atom is 0.327 e. The Morgan fingerprint density at radius 1 is 1.62 bits per heavy atom. The number of hydrogen-bond acceptors (Lipinski definition) is 4. The number of aliphatic carboxylic acids is 1. The minimum atomic E-state index is -1.00. The molecule has 88 valence electrons. The van der Waals surface area contributed by atoms with Gasteiger partial charge in [0.15, 0.2) is 0 Å². The molecule has 0 aromatic carbocycles. The third-order valence-corrected chi connectivity index (χ3v) is 4.58. The van der Waals surface area contributed by atoms with Gasteiger partial charge in [0.1, 0.15) is 17.8 Å². The number of hydrogen-bond donors (Lipinski definition) is 3. The summed E-state index contributed by atoms with van der Waals surface area (Å²) in [6, 6.07) is -0.828. The molecule has 0 radical (unpaired) electrons. The van der Waals surface area contributed by atoms with E-state index in [-0.39, 0.29) is 17.1 Å². The summed E-state index contributed by atoms with van der Waals surface area (Å²) in [6.45, 7) is 3.58. The lowest BCUT2D eigenvalue weighted by molar-refractivity contribution is -0.160. The van der Waals surface area contributed by atoms with E-state index in [4.69, 9.17) is 16.2 Å². The molecule has 0 spiro atoms. The van der Waals surface area contributed by atoms with Crippen LogP contribution >= 0.6 is 11.8 Å². The Morgan fingerprint density at radius 3 is 2.62 bits per heavy atom. The summed E-state index contributed by atoms with van der Waals surface area (Å²) in [4.78, 5) is 24.2. The molecule has 7 heteroatoms. The number of carbonyl (C=O) groups excluding carboxylic acids is 1. The number of nitrogens with zero attached hydrogens (tertiary/aromatic N) is 1. The molecule has 0 saturated carbocycles. The van der Waals surface area contributed by atoms with E-state index < -0.39 is 22.7 Å². The van der Waals surface area contributed by atoms with Crippen molar-refractivity contribution in [1.82, 2.24) is 4.90 Å². The Bertz CT molecular complexity index is 395. The highest BCUT2D eigenvalue weighted by Gasteiger charge is 2.64. The standard InChI is InChI=1S/C9H13N3O3S/c1-9(2)4(8(14)15)12-6(13)3(5(10)11)7(12)16-9/h3-4,7H,1-2H3,(H3,10,11)(H,14,15)/t3-,4+,7-/m1/s1. The Balaban J connectivity index is 2.32. The highest BCUT2D eigenvalue weighted by molar-refractivity contribution is 8.01. The van der Waals surface area contributed by atoms with Crippen LogP contribution in [0.25, 0.3) is 0 Å². The number of carboxylic acid groups (broad SMARTS) is 1. The first kappa shape index (κ1) is 11.3. The summed E-state index contributed by atoms with van der Waals surface area (Å²) in [6.07, 6.45) is 0. The average molecular weight is 243 g/mol. The lowest BCUT2D eigenvalue weighted by Gasteiger charge is -2.42. The molecule has 1 amide bonds. The van der Waals surface area contributed by atoms with Gasteiger partial charge in [0.2, 0.25) is 5.91 Å². The Hall–Kier alpha value is -1.24. The number of carboxylic acids is 1. The molecule has 2 rings (SSSR count). The first-order valence-electron chi connectivity index (χ1n) is 4.84. The average Bonchev–Trinajstić information content (AvgIpc) is 2.33. The number of amides is 1. The molecule has 4 N–H and O–H groups in total. The molecule has 2 aliphatic heterocycles. The summed E-state index contributed by atoms with van der Waals surface area (Å²) in [5, 5.41) is 16.1. The van der Waals surface area contributed by atoms with Gasteiger partial charge >= 0.3 is 5.97 Å². The van der Waals surface area contributed by atoms with Gasteiger partial charge < -0.3 is 15.7 Å². The largest absolute Gasteiger partial charge is 0.480 e. The quantitative estimate of drug-likeness (QED) is 0.350. The highest BCUT2D eigenvalue weighted by Crippen LogP contribution is 2.53. The number of rotatable bonds is 2. The summed E-state index contributed by atoms with van der Waals surface area (Å²) in [7, 11) is 0. The van der Waals surface area contributed by atoms with E-state index in [1.807, 2.05) is 0 Å². The summed E-state index contributed by atoms with van der Waals surface area (Å²) >= 11 is 1.40. The zero-order valence-corrected chi connectivity index (χ0v) is 9.75. The number of amidine groups is 1. The van der Waals surface area contributed by atoms with Crippen LogP contribution in [0, 0.1) is 11.3 Å². The molecule has 2 fully saturated rings. The van der Waals surface area contributed by atoms with Crippen LogP contribution in [-0.2, 0) is 9.59 Å². The fraction of sp³-hybridized carbons (Fsp3) is 0.667. The fourth-order valence-electron chi connectivity index (χ4n) is 2.30. The van der Waals surface area contributed by atoms with Crippen LogP contribution in [0.1, 0.15) is 13.8 Å². The molecule has 2 aliphatic rings. The SMILES string of the molecule is CC1(C)S[C@@H]2[C@H](C(=N)N)C(=O)N2[C@H]1C(=O)O. The molecule has 3 atom stereocenters. The lowest BCUT2D eigenvalue weighted by atomic mass is 9.91. The maximum absolute atomic E-state index is 11.7. The monoisotopic (exact) mass is 243 g/mol. The van der Waals surface area contributed by atoms with Gasteiger partial charge in [-0.05, 0) is 13.8 Å². The molecular weight excluding hydrogens is 230 g/mol. The summed E-state index contributed by atoms with van der Waals surface area (Å²) in [5.74, 6) is -2.17. The van der Waals surface area contributed by atoms with E-state index in [2.05, 4.69) is 0 Å². The molecule has 0 aromatic rings. The van der Waals surface area contributed by atoms with E-state index in [0.29, 0.717) is 0 Å². The molecule has 16 heavy (non-hydrogen) atoms. The molecule has 0 unspecified atom stereocenters. The fourth-order valence-corrected chi connectivity index (χ4v) is 4.00.